The summed E-state index contributed by atoms with van der Waals surface area (Å²) in [6.07, 6.45) is -3.27. The average Bonchev–Trinajstić information content (AvgIpc) is 1.84. The molecular weight excluding hydrogens is 176 g/mol. The number of hydrogen-bond acceptors (Lipinski definition) is 5. The Morgan fingerprint density at radius 2 is 1.70 bits per heavy atom. The number of carbonyl (C=O) groups is 1. The Kier molecular flexibility index (Phi) is 4.30. The maximum absolute atomic E-state index is 10.2. The fourth-order valence-electron chi connectivity index (χ4n) is 0.309. The lowest BCUT2D eigenvalue weighted by Crippen LogP contribution is -2.38. The third-order valence-corrected chi connectivity index (χ3v) is 1.45. The topological polar surface area (TPSA) is 77.8 Å². The summed E-state index contributed by atoms with van der Waals surface area (Å²) in [7, 11) is 0. The van der Waals surface area contributed by atoms with Gasteiger partial charge in [0.05, 0.1) is 0 Å². The van der Waals surface area contributed by atoms with Gasteiger partial charge in [-0.1, -0.05) is 0 Å². The van der Waals surface area contributed by atoms with Crippen molar-refractivity contribution in [2.75, 3.05) is 0 Å². The molecule has 0 aromatic rings. The van der Waals surface area contributed by atoms with E-state index in [1.54, 1.807) is 0 Å². The van der Waals surface area contributed by atoms with Crippen LogP contribution in [-0.2, 0) is 4.79 Å². The lowest BCUT2D eigenvalue weighted by atomic mass is 10.2. The van der Waals surface area contributed by atoms with Gasteiger partial charge in [0.1, 0.15) is 11.5 Å². The van der Waals surface area contributed by atoms with E-state index in [-0.39, 0.29) is 0 Å². The van der Waals surface area contributed by atoms with Gasteiger partial charge in [-0.2, -0.15) is 0 Å². The predicted molar refractivity (Wildman–Crippen MR) is 41.0 cm³/mol. The molecular formula is C4H8O4S2. The van der Waals surface area contributed by atoms with Crippen LogP contribution in [0.3, 0.4) is 0 Å². The molecule has 10 heavy (non-hydrogen) atoms. The van der Waals surface area contributed by atoms with Crippen molar-refractivity contribution in [1.82, 2.24) is 0 Å². The normalized spacial score (nSPS) is 19.7. The van der Waals surface area contributed by atoms with Crippen molar-refractivity contribution >= 4 is 30.4 Å². The Balaban J connectivity index is 3.94. The van der Waals surface area contributed by atoms with Crippen molar-refractivity contribution in [1.29, 1.82) is 0 Å². The van der Waals surface area contributed by atoms with Crippen LogP contribution in [0.2, 0.25) is 0 Å². The average molecular weight is 184 g/mol. The summed E-state index contributed by atoms with van der Waals surface area (Å²) in [6.45, 7) is 0. The van der Waals surface area contributed by atoms with Gasteiger partial charge in [-0.3, -0.25) is 4.79 Å². The van der Waals surface area contributed by atoms with E-state index < -0.39 is 22.8 Å². The third kappa shape index (κ3) is 2.89. The van der Waals surface area contributed by atoms with Crippen LogP contribution in [0.1, 0.15) is 0 Å². The van der Waals surface area contributed by atoms with Gasteiger partial charge < -0.3 is 15.3 Å². The van der Waals surface area contributed by atoms with Gasteiger partial charge in [0.25, 0.3) is 0 Å². The van der Waals surface area contributed by atoms with E-state index in [4.69, 9.17) is 15.3 Å². The molecule has 0 aliphatic carbocycles. The van der Waals surface area contributed by atoms with Crippen molar-refractivity contribution in [2.24, 2.45) is 0 Å². The Labute approximate surface area is 68.7 Å². The van der Waals surface area contributed by atoms with E-state index in [0.717, 1.165) is 0 Å². The van der Waals surface area contributed by atoms with Crippen LogP contribution >= 0.6 is 25.3 Å². The van der Waals surface area contributed by atoms with Gasteiger partial charge in [0, 0.05) is 0 Å². The quantitative estimate of drug-likeness (QED) is 0.271. The summed E-state index contributed by atoms with van der Waals surface area (Å²) in [5.41, 5.74) is -1.44. The lowest BCUT2D eigenvalue weighted by molar-refractivity contribution is -0.126. The molecule has 0 aliphatic heterocycles. The Morgan fingerprint density at radius 1 is 1.30 bits per heavy atom. The second-order valence-electron chi connectivity index (χ2n) is 1.69. The molecule has 0 saturated heterocycles. The molecule has 0 rings (SSSR count). The molecule has 6 heteroatoms. The van der Waals surface area contributed by atoms with Crippen molar-refractivity contribution in [3.63, 3.8) is 0 Å². The van der Waals surface area contributed by atoms with Gasteiger partial charge in [0.2, 0.25) is 5.12 Å². The van der Waals surface area contributed by atoms with Crippen LogP contribution in [0.4, 0.5) is 0 Å². The first-order valence-corrected chi connectivity index (χ1v) is 3.38. The molecule has 0 spiro atoms. The Bertz CT molecular complexity index is 126. The molecule has 0 amide bonds. The highest BCUT2D eigenvalue weighted by Gasteiger charge is 2.25. The van der Waals surface area contributed by atoms with Gasteiger partial charge in [-0.15, -0.1) is 25.3 Å². The minimum Gasteiger partial charge on any atom is -0.386 e. The molecule has 0 aromatic heterocycles. The number of hydrogen-bond donors (Lipinski definition) is 5. The van der Waals surface area contributed by atoms with Crippen LogP contribution in [0.5, 0.6) is 0 Å². The SMILES string of the molecule is O=C(S)[C@@H](O)[C@H](O)C(O)S. The molecule has 1 unspecified atom stereocenters. The molecule has 0 heterocycles. The van der Waals surface area contributed by atoms with Crippen LogP contribution in [-0.4, -0.2) is 38.1 Å². The van der Waals surface area contributed by atoms with E-state index in [1.165, 1.54) is 0 Å². The van der Waals surface area contributed by atoms with E-state index in [2.05, 4.69) is 25.3 Å². The second kappa shape index (κ2) is 4.20. The summed E-state index contributed by atoms with van der Waals surface area (Å²) in [6, 6.07) is 0. The predicted octanol–water partition coefficient (Wildman–Crippen LogP) is -1.59. The zero-order valence-corrected chi connectivity index (χ0v) is 6.67. The molecule has 0 radical (unpaired) electrons. The largest absolute Gasteiger partial charge is 0.386 e. The summed E-state index contributed by atoms with van der Waals surface area (Å²) < 4.78 is 0. The molecule has 0 aliphatic rings. The maximum atomic E-state index is 10.2. The number of thiol groups is 2. The van der Waals surface area contributed by atoms with Gasteiger partial charge in [0.15, 0.2) is 6.10 Å². The highest BCUT2D eigenvalue weighted by molar-refractivity contribution is 7.96. The van der Waals surface area contributed by atoms with Crippen LogP contribution in [0.15, 0.2) is 0 Å². The van der Waals surface area contributed by atoms with E-state index in [0.29, 0.717) is 0 Å². The summed E-state index contributed by atoms with van der Waals surface area (Å²) in [5, 5.41) is 25.0. The molecule has 3 atom stereocenters. The van der Waals surface area contributed by atoms with Gasteiger partial charge in [-0.25, -0.2) is 0 Å². The molecule has 60 valence electrons. The summed E-state index contributed by atoms with van der Waals surface area (Å²) >= 11 is 6.62. The molecule has 0 bridgehead atoms. The number of rotatable bonds is 3. The smallest absolute Gasteiger partial charge is 0.217 e. The molecule has 4 nitrogen and oxygen atoms in total. The highest BCUT2D eigenvalue weighted by Crippen LogP contribution is 2.05. The first-order valence-electron chi connectivity index (χ1n) is 2.42. The first kappa shape index (κ1) is 10.2. The lowest BCUT2D eigenvalue weighted by Gasteiger charge is -2.15. The molecule has 0 saturated carbocycles. The van der Waals surface area contributed by atoms with Crippen molar-refractivity contribution in [3.05, 3.63) is 0 Å². The van der Waals surface area contributed by atoms with E-state index in [1.807, 2.05) is 0 Å². The van der Waals surface area contributed by atoms with Crippen molar-refractivity contribution in [2.45, 2.75) is 17.6 Å². The number of aliphatic hydroxyl groups is 3. The zero-order valence-electron chi connectivity index (χ0n) is 4.88. The Hall–Kier alpha value is 0.250. The molecule has 0 fully saturated rings. The summed E-state index contributed by atoms with van der Waals surface area (Å²) in [4.78, 5) is 10.2. The minimum absolute atomic E-state index is 0.902. The standard InChI is InChI=1S/C4H8O4S2/c5-1(3(7)9)2(6)4(8)10/h1-3,5-7,9H,(H,8,10)/t1-,2-,3?/m0/s1. The minimum atomic E-state index is -1.68. The third-order valence-electron chi connectivity index (χ3n) is 0.882. The number of carbonyl (C=O) groups excluding carboxylic acids is 1. The molecule has 3 N–H and O–H groups in total. The fourth-order valence-corrected chi connectivity index (χ4v) is 0.625. The summed E-state index contributed by atoms with van der Waals surface area (Å²) in [5.74, 6) is 0. The van der Waals surface area contributed by atoms with Crippen molar-refractivity contribution in [3.8, 4) is 0 Å². The van der Waals surface area contributed by atoms with E-state index >= 15 is 0 Å². The van der Waals surface area contributed by atoms with Gasteiger partial charge in [-0.05, 0) is 0 Å². The maximum Gasteiger partial charge on any atom is 0.217 e. The fraction of sp³-hybridized carbons (Fsp3) is 0.750. The highest BCUT2D eigenvalue weighted by atomic mass is 32.1. The van der Waals surface area contributed by atoms with E-state index in [9.17, 15) is 4.79 Å². The van der Waals surface area contributed by atoms with Crippen LogP contribution in [0.25, 0.3) is 0 Å². The second-order valence-corrected chi connectivity index (χ2v) is 2.66. The van der Waals surface area contributed by atoms with Gasteiger partial charge >= 0.3 is 0 Å². The molecule has 0 aromatic carbocycles. The van der Waals surface area contributed by atoms with Crippen molar-refractivity contribution < 1.29 is 20.1 Å². The number of aliphatic hydroxyl groups excluding tert-OH is 3. The Morgan fingerprint density at radius 3 is 1.80 bits per heavy atom. The van der Waals surface area contributed by atoms with Crippen LogP contribution < -0.4 is 0 Å². The zero-order chi connectivity index (χ0) is 8.31. The van der Waals surface area contributed by atoms with Crippen LogP contribution in [0, 0.1) is 0 Å². The first-order chi connectivity index (χ1) is 4.46. The monoisotopic (exact) mass is 184 g/mol.